The van der Waals surface area contributed by atoms with E-state index >= 15 is 0 Å². The number of hydrogen-bond acceptors (Lipinski definition) is 6. The summed E-state index contributed by atoms with van der Waals surface area (Å²) in [6.07, 6.45) is 2.12. The highest BCUT2D eigenvalue weighted by Crippen LogP contribution is 2.20. The van der Waals surface area contributed by atoms with Gasteiger partial charge in [-0.1, -0.05) is 44.2 Å². The molecule has 3 amide bonds. The molecule has 1 aliphatic rings. The van der Waals surface area contributed by atoms with Crippen molar-refractivity contribution in [3.05, 3.63) is 35.9 Å². The van der Waals surface area contributed by atoms with Gasteiger partial charge in [-0.25, -0.2) is 4.79 Å². The van der Waals surface area contributed by atoms with Gasteiger partial charge >= 0.3 is 5.97 Å². The van der Waals surface area contributed by atoms with Crippen molar-refractivity contribution >= 4 is 23.7 Å². The van der Waals surface area contributed by atoms with Crippen LogP contribution in [0.4, 0.5) is 0 Å². The van der Waals surface area contributed by atoms with Crippen LogP contribution in [0.15, 0.2) is 30.3 Å². The lowest BCUT2D eigenvalue weighted by atomic mass is 10.0. The minimum Gasteiger partial charge on any atom is -0.480 e. The number of hydrogen-bond donors (Lipinski definition) is 5. The van der Waals surface area contributed by atoms with E-state index in [-0.39, 0.29) is 18.2 Å². The lowest BCUT2D eigenvalue weighted by Gasteiger charge is -2.29. The van der Waals surface area contributed by atoms with Gasteiger partial charge in [0.15, 0.2) is 0 Å². The van der Waals surface area contributed by atoms with E-state index in [1.54, 1.807) is 13.8 Å². The maximum absolute atomic E-state index is 13.1. The molecule has 1 fully saturated rings. The summed E-state index contributed by atoms with van der Waals surface area (Å²) in [5.74, 6) is -2.78. The molecule has 0 saturated carbocycles. The summed E-state index contributed by atoms with van der Waals surface area (Å²) in [6.45, 7) is 4.24. The number of amides is 3. The molecule has 188 valence electrons. The standard InChI is InChI=1S/C24H37N5O5/c1-15(2)20(22(31)27-18(24(33)34)10-6-12-25)28-21(30)19-11-7-13-29(19)23(32)17(26)14-16-8-4-3-5-9-16/h3-5,8-9,15,17-20H,6-7,10-14,25-26H2,1-2H3,(H,27,31)(H,28,30)(H,33,34)/t17-,18+,19+,20+/m1/s1. The van der Waals surface area contributed by atoms with Crippen LogP contribution in [0, 0.1) is 5.92 Å². The number of carbonyl (C=O) groups is 4. The molecule has 1 saturated heterocycles. The molecule has 0 unspecified atom stereocenters. The van der Waals surface area contributed by atoms with E-state index in [0.29, 0.717) is 38.8 Å². The van der Waals surface area contributed by atoms with Gasteiger partial charge in [0.1, 0.15) is 18.1 Å². The Bertz CT molecular complexity index is 847. The Kier molecular flexibility index (Phi) is 10.5. The van der Waals surface area contributed by atoms with Gasteiger partial charge in [-0.3, -0.25) is 14.4 Å². The monoisotopic (exact) mass is 475 g/mol. The lowest BCUT2D eigenvalue weighted by molar-refractivity contribution is -0.143. The van der Waals surface area contributed by atoms with Crippen molar-refractivity contribution in [1.82, 2.24) is 15.5 Å². The smallest absolute Gasteiger partial charge is 0.326 e. The Morgan fingerprint density at radius 1 is 1.15 bits per heavy atom. The average molecular weight is 476 g/mol. The first-order valence-electron chi connectivity index (χ1n) is 11.8. The number of nitrogens with zero attached hydrogens (tertiary/aromatic N) is 1. The fourth-order valence-electron chi connectivity index (χ4n) is 4.10. The number of carboxylic acids is 1. The highest BCUT2D eigenvalue weighted by Gasteiger charge is 2.38. The molecule has 10 nitrogen and oxygen atoms in total. The summed E-state index contributed by atoms with van der Waals surface area (Å²) in [6, 6.07) is 5.89. The minimum atomic E-state index is -1.16. The number of carbonyl (C=O) groups excluding carboxylic acids is 3. The average Bonchev–Trinajstić information content (AvgIpc) is 3.29. The molecule has 2 rings (SSSR count). The number of rotatable bonds is 12. The van der Waals surface area contributed by atoms with Crippen LogP contribution in [0.3, 0.4) is 0 Å². The van der Waals surface area contributed by atoms with Gasteiger partial charge in [0.25, 0.3) is 0 Å². The second-order valence-corrected chi connectivity index (χ2v) is 9.05. The van der Waals surface area contributed by atoms with Crippen molar-refractivity contribution in [2.75, 3.05) is 13.1 Å². The fraction of sp³-hybridized carbons (Fsp3) is 0.583. The van der Waals surface area contributed by atoms with Gasteiger partial charge in [0.05, 0.1) is 6.04 Å². The second kappa shape index (κ2) is 13.0. The zero-order chi connectivity index (χ0) is 25.3. The highest BCUT2D eigenvalue weighted by atomic mass is 16.4. The topological polar surface area (TPSA) is 168 Å². The van der Waals surface area contributed by atoms with Crippen LogP contribution in [0.25, 0.3) is 0 Å². The summed E-state index contributed by atoms with van der Waals surface area (Å²) in [4.78, 5) is 51.9. The first-order chi connectivity index (χ1) is 16.1. The van der Waals surface area contributed by atoms with E-state index in [1.165, 1.54) is 4.90 Å². The molecule has 0 bridgehead atoms. The van der Waals surface area contributed by atoms with Crippen LogP contribution in [0.5, 0.6) is 0 Å². The normalized spacial score (nSPS) is 18.3. The van der Waals surface area contributed by atoms with Crippen molar-refractivity contribution < 1.29 is 24.3 Å². The van der Waals surface area contributed by atoms with Crippen molar-refractivity contribution in [3.8, 4) is 0 Å². The van der Waals surface area contributed by atoms with Crippen molar-refractivity contribution in [2.45, 2.75) is 70.1 Å². The van der Waals surface area contributed by atoms with Gasteiger partial charge < -0.3 is 32.1 Å². The minimum absolute atomic E-state index is 0.195. The van der Waals surface area contributed by atoms with Gasteiger partial charge in [0, 0.05) is 6.54 Å². The summed E-state index contributed by atoms with van der Waals surface area (Å²) < 4.78 is 0. The fourth-order valence-corrected chi connectivity index (χ4v) is 4.10. The zero-order valence-corrected chi connectivity index (χ0v) is 19.9. The summed E-state index contributed by atoms with van der Waals surface area (Å²) in [5.41, 5.74) is 12.5. The number of likely N-dealkylation sites (tertiary alicyclic amines) is 1. The van der Waals surface area contributed by atoms with E-state index in [2.05, 4.69) is 10.6 Å². The van der Waals surface area contributed by atoms with Gasteiger partial charge in [-0.05, 0) is 50.1 Å². The Morgan fingerprint density at radius 3 is 2.41 bits per heavy atom. The molecule has 7 N–H and O–H groups in total. The predicted octanol–water partition coefficient (Wildman–Crippen LogP) is -0.00350. The van der Waals surface area contributed by atoms with E-state index in [1.807, 2.05) is 30.3 Å². The van der Waals surface area contributed by atoms with E-state index in [0.717, 1.165) is 5.56 Å². The van der Waals surface area contributed by atoms with Crippen LogP contribution in [0.1, 0.15) is 45.1 Å². The Balaban J connectivity index is 2.04. The maximum atomic E-state index is 13.1. The lowest BCUT2D eigenvalue weighted by Crippen LogP contribution is -2.58. The molecule has 1 aromatic rings. The van der Waals surface area contributed by atoms with Gasteiger partial charge in [0.2, 0.25) is 17.7 Å². The van der Waals surface area contributed by atoms with E-state index < -0.39 is 42.0 Å². The largest absolute Gasteiger partial charge is 0.480 e. The summed E-state index contributed by atoms with van der Waals surface area (Å²) >= 11 is 0. The number of nitrogens with two attached hydrogens (primary N) is 2. The first-order valence-corrected chi connectivity index (χ1v) is 11.8. The Morgan fingerprint density at radius 2 is 1.82 bits per heavy atom. The molecule has 0 spiro atoms. The maximum Gasteiger partial charge on any atom is 0.326 e. The number of aliphatic carboxylic acids is 1. The summed E-state index contributed by atoms with van der Waals surface area (Å²) in [5, 5.41) is 14.6. The second-order valence-electron chi connectivity index (χ2n) is 9.05. The Labute approximate surface area is 200 Å². The number of carboxylic acid groups (broad SMARTS) is 1. The highest BCUT2D eigenvalue weighted by molar-refractivity contribution is 5.94. The molecule has 1 aliphatic heterocycles. The third-order valence-electron chi connectivity index (χ3n) is 6.01. The van der Waals surface area contributed by atoms with Crippen LogP contribution < -0.4 is 22.1 Å². The third kappa shape index (κ3) is 7.53. The first kappa shape index (κ1) is 27.3. The molecule has 4 atom stereocenters. The zero-order valence-electron chi connectivity index (χ0n) is 19.9. The van der Waals surface area contributed by atoms with Crippen LogP contribution in [-0.4, -0.2) is 71.0 Å². The van der Waals surface area contributed by atoms with E-state index in [9.17, 15) is 24.3 Å². The van der Waals surface area contributed by atoms with Gasteiger partial charge in [-0.15, -0.1) is 0 Å². The number of benzene rings is 1. The third-order valence-corrected chi connectivity index (χ3v) is 6.01. The quantitative estimate of drug-likeness (QED) is 0.283. The molecular formula is C24H37N5O5. The molecule has 0 aromatic heterocycles. The molecule has 0 aliphatic carbocycles. The SMILES string of the molecule is CC(C)[C@H](NC(=O)[C@@H]1CCCN1C(=O)[C@H](N)Cc1ccccc1)C(=O)N[C@@H](CCCN)C(=O)O. The van der Waals surface area contributed by atoms with Crippen molar-refractivity contribution in [3.63, 3.8) is 0 Å². The van der Waals surface area contributed by atoms with Crippen LogP contribution in [-0.2, 0) is 25.6 Å². The Hall–Kier alpha value is -2.98. The molecule has 34 heavy (non-hydrogen) atoms. The molecule has 0 radical (unpaired) electrons. The molecule has 10 heteroatoms. The van der Waals surface area contributed by atoms with E-state index in [4.69, 9.17) is 11.5 Å². The summed E-state index contributed by atoms with van der Waals surface area (Å²) in [7, 11) is 0. The number of nitrogens with one attached hydrogen (secondary N) is 2. The molecule has 1 heterocycles. The van der Waals surface area contributed by atoms with Crippen LogP contribution >= 0.6 is 0 Å². The van der Waals surface area contributed by atoms with Crippen molar-refractivity contribution in [1.29, 1.82) is 0 Å². The van der Waals surface area contributed by atoms with Gasteiger partial charge in [-0.2, -0.15) is 0 Å². The van der Waals surface area contributed by atoms with Crippen molar-refractivity contribution in [2.24, 2.45) is 17.4 Å². The molecule has 1 aromatic carbocycles. The van der Waals surface area contributed by atoms with Crippen LogP contribution in [0.2, 0.25) is 0 Å². The molecular weight excluding hydrogens is 438 g/mol. The predicted molar refractivity (Wildman–Crippen MR) is 127 cm³/mol.